The molecule has 0 saturated carbocycles. The Hall–Kier alpha value is -2.87. The van der Waals surface area contributed by atoms with Crippen LogP contribution in [0.4, 0.5) is 0 Å². The van der Waals surface area contributed by atoms with Crippen LogP contribution in [0.25, 0.3) is 28.2 Å². The summed E-state index contributed by atoms with van der Waals surface area (Å²) in [5, 5.41) is 0. The summed E-state index contributed by atoms with van der Waals surface area (Å²) in [4.78, 5) is 5.02. The number of rotatable bonds is 2. The zero-order valence-corrected chi connectivity index (χ0v) is 13.3. The summed E-state index contributed by atoms with van der Waals surface area (Å²) in [6, 6.07) is 22.9. The fourth-order valence-electron chi connectivity index (χ4n) is 3.21. The first kappa shape index (κ1) is 13.8. The highest BCUT2D eigenvalue weighted by atomic mass is 15.0. The highest BCUT2D eigenvalue weighted by Crippen LogP contribution is 2.31. The summed E-state index contributed by atoms with van der Waals surface area (Å²) < 4.78 is 2.20. The van der Waals surface area contributed by atoms with Crippen molar-refractivity contribution in [2.24, 2.45) is 0 Å². The minimum atomic E-state index is 0.984. The Bertz CT molecular complexity index is 967. The van der Waals surface area contributed by atoms with Crippen molar-refractivity contribution >= 4 is 5.52 Å². The molecular formula is C21H18N2. The molecule has 23 heavy (non-hydrogen) atoms. The molecule has 2 heterocycles. The van der Waals surface area contributed by atoms with Crippen molar-refractivity contribution in [1.29, 1.82) is 0 Å². The second-order valence-corrected chi connectivity index (χ2v) is 5.86. The van der Waals surface area contributed by atoms with E-state index in [0.29, 0.717) is 0 Å². The van der Waals surface area contributed by atoms with Gasteiger partial charge in [-0.05, 0) is 31.0 Å². The molecule has 0 unspecified atom stereocenters. The summed E-state index contributed by atoms with van der Waals surface area (Å²) in [5.74, 6) is 0.984. The SMILES string of the molecule is Cc1ccn2c(-c3ccccc3)nc(-c3ccccc3)c(C)c12. The molecule has 2 aromatic heterocycles. The maximum Gasteiger partial charge on any atom is 0.145 e. The van der Waals surface area contributed by atoms with Gasteiger partial charge in [0.1, 0.15) is 5.82 Å². The van der Waals surface area contributed by atoms with Gasteiger partial charge in [0.15, 0.2) is 0 Å². The Balaban J connectivity index is 2.09. The van der Waals surface area contributed by atoms with Gasteiger partial charge >= 0.3 is 0 Å². The number of nitrogens with zero attached hydrogens (tertiary/aromatic N) is 2. The third-order valence-electron chi connectivity index (χ3n) is 4.32. The second kappa shape index (κ2) is 5.40. The fourth-order valence-corrected chi connectivity index (χ4v) is 3.21. The average Bonchev–Trinajstić information content (AvgIpc) is 2.99. The van der Waals surface area contributed by atoms with Crippen molar-refractivity contribution in [3.8, 4) is 22.6 Å². The zero-order chi connectivity index (χ0) is 15.8. The van der Waals surface area contributed by atoms with Crippen molar-refractivity contribution in [2.75, 3.05) is 0 Å². The third kappa shape index (κ3) is 2.23. The Morgan fingerprint density at radius 3 is 2.00 bits per heavy atom. The smallest absolute Gasteiger partial charge is 0.145 e. The predicted octanol–water partition coefficient (Wildman–Crippen LogP) is 5.29. The number of aryl methyl sites for hydroxylation is 2. The van der Waals surface area contributed by atoms with E-state index in [1.165, 1.54) is 16.6 Å². The van der Waals surface area contributed by atoms with Crippen LogP contribution in [-0.2, 0) is 0 Å². The van der Waals surface area contributed by atoms with E-state index in [0.717, 1.165) is 22.6 Å². The topological polar surface area (TPSA) is 17.3 Å². The lowest BCUT2D eigenvalue weighted by atomic mass is 10.0. The first-order valence-electron chi connectivity index (χ1n) is 7.85. The minimum absolute atomic E-state index is 0.984. The maximum absolute atomic E-state index is 5.02. The molecule has 0 fully saturated rings. The van der Waals surface area contributed by atoms with Crippen molar-refractivity contribution < 1.29 is 0 Å². The second-order valence-electron chi connectivity index (χ2n) is 5.86. The molecule has 0 aliphatic carbocycles. The predicted molar refractivity (Wildman–Crippen MR) is 95.5 cm³/mol. The van der Waals surface area contributed by atoms with E-state index in [4.69, 9.17) is 4.98 Å². The number of fused-ring (bicyclic) bond motifs is 1. The summed E-state index contributed by atoms with van der Waals surface area (Å²) in [5.41, 5.74) is 7.09. The molecule has 0 atom stereocenters. The van der Waals surface area contributed by atoms with Crippen LogP contribution < -0.4 is 0 Å². The van der Waals surface area contributed by atoms with E-state index < -0.39 is 0 Å². The average molecular weight is 298 g/mol. The molecular weight excluding hydrogens is 280 g/mol. The Morgan fingerprint density at radius 1 is 0.739 bits per heavy atom. The Kier molecular flexibility index (Phi) is 3.23. The highest BCUT2D eigenvalue weighted by Gasteiger charge is 2.15. The van der Waals surface area contributed by atoms with Crippen LogP contribution in [0.3, 0.4) is 0 Å². The van der Waals surface area contributed by atoms with Gasteiger partial charge in [-0.15, -0.1) is 0 Å². The van der Waals surface area contributed by atoms with Crippen LogP contribution in [-0.4, -0.2) is 9.38 Å². The molecule has 0 amide bonds. The van der Waals surface area contributed by atoms with Gasteiger partial charge in [-0.2, -0.15) is 0 Å². The fraction of sp³-hybridized carbons (Fsp3) is 0.0952. The van der Waals surface area contributed by atoms with Crippen LogP contribution in [0.5, 0.6) is 0 Å². The number of aromatic nitrogens is 2. The molecule has 4 aromatic rings. The maximum atomic E-state index is 5.02. The van der Waals surface area contributed by atoms with E-state index >= 15 is 0 Å². The molecule has 112 valence electrons. The lowest BCUT2D eigenvalue weighted by Gasteiger charge is -2.14. The van der Waals surface area contributed by atoms with E-state index in [-0.39, 0.29) is 0 Å². The Labute approximate surface area is 136 Å². The molecule has 0 saturated heterocycles. The molecule has 0 aliphatic heterocycles. The number of hydrogen-bond donors (Lipinski definition) is 0. The highest BCUT2D eigenvalue weighted by molar-refractivity contribution is 5.78. The first-order chi connectivity index (χ1) is 11.3. The number of benzene rings is 2. The molecule has 2 heteroatoms. The molecule has 2 nitrogen and oxygen atoms in total. The third-order valence-corrected chi connectivity index (χ3v) is 4.32. The van der Waals surface area contributed by atoms with Crippen molar-refractivity contribution in [2.45, 2.75) is 13.8 Å². The first-order valence-corrected chi connectivity index (χ1v) is 7.85. The summed E-state index contributed by atoms with van der Waals surface area (Å²) in [6.45, 7) is 4.32. The largest absolute Gasteiger partial charge is 0.301 e. The van der Waals surface area contributed by atoms with Crippen LogP contribution in [0, 0.1) is 13.8 Å². The number of hydrogen-bond acceptors (Lipinski definition) is 1. The van der Waals surface area contributed by atoms with Crippen LogP contribution in [0.15, 0.2) is 72.9 Å². The van der Waals surface area contributed by atoms with Crippen LogP contribution >= 0.6 is 0 Å². The standard InChI is InChI=1S/C21H18N2/c1-15-13-14-23-20(15)16(2)19(17-9-5-3-6-10-17)22-21(23)18-11-7-4-8-12-18/h3-14H,1-2H3. The quantitative estimate of drug-likeness (QED) is 0.492. The monoisotopic (exact) mass is 298 g/mol. The van der Waals surface area contributed by atoms with Crippen LogP contribution in [0.2, 0.25) is 0 Å². The molecule has 4 rings (SSSR count). The summed E-state index contributed by atoms with van der Waals surface area (Å²) in [6.07, 6.45) is 2.11. The summed E-state index contributed by atoms with van der Waals surface area (Å²) >= 11 is 0. The van der Waals surface area contributed by atoms with Crippen LogP contribution in [0.1, 0.15) is 11.1 Å². The lowest BCUT2D eigenvalue weighted by Crippen LogP contribution is -2.01. The van der Waals surface area contributed by atoms with E-state index in [9.17, 15) is 0 Å². The van der Waals surface area contributed by atoms with Gasteiger partial charge in [-0.3, -0.25) is 0 Å². The minimum Gasteiger partial charge on any atom is -0.301 e. The zero-order valence-electron chi connectivity index (χ0n) is 13.3. The van der Waals surface area contributed by atoms with Crippen molar-refractivity contribution in [3.05, 3.63) is 84.1 Å². The van der Waals surface area contributed by atoms with Gasteiger partial charge < -0.3 is 4.40 Å². The molecule has 0 spiro atoms. The van der Waals surface area contributed by atoms with Gasteiger partial charge in [-0.25, -0.2) is 4.98 Å². The normalized spacial score (nSPS) is 11.0. The van der Waals surface area contributed by atoms with Crippen molar-refractivity contribution in [1.82, 2.24) is 9.38 Å². The molecule has 0 radical (unpaired) electrons. The molecule has 0 aliphatic rings. The van der Waals surface area contributed by atoms with Crippen molar-refractivity contribution in [3.63, 3.8) is 0 Å². The van der Waals surface area contributed by atoms with Gasteiger partial charge in [-0.1, -0.05) is 60.7 Å². The summed E-state index contributed by atoms with van der Waals surface area (Å²) in [7, 11) is 0. The van der Waals surface area contributed by atoms with Gasteiger partial charge in [0.25, 0.3) is 0 Å². The molecule has 0 bridgehead atoms. The molecule has 0 N–H and O–H groups in total. The van der Waals surface area contributed by atoms with Gasteiger partial charge in [0.05, 0.1) is 11.2 Å². The lowest BCUT2D eigenvalue weighted by molar-refractivity contribution is 1.09. The molecule has 2 aromatic carbocycles. The van der Waals surface area contributed by atoms with E-state index in [1.807, 2.05) is 12.1 Å². The van der Waals surface area contributed by atoms with Gasteiger partial charge in [0, 0.05) is 17.3 Å². The Morgan fingerprint density at radius 2 is 1.35 bits per heavy atom. The van der Waals surface area contributed by atoms with Gasteiger partial charge in [0.2, 0.25) is 0 Å². The van der Waals surface area contributed by atoms with E-state index in [2.05, 4.69) is 79.0 Å². The van der Waals surface area contributed by atoms with E-state index in [1.54, 1.807) is 0 Å².